The summed E-state index contributed by atoms with van der Waals surface area (Å²) in [6.45, 7) is 0.167. The van der Waals surface area contributed by atoms with Crippen molar-refractivity contribution in [2.45, 2.75) is 12.6 Å². The van der Waals surface area contributed by atoms with E-state index in [4.69, 9.17) is 19.3 Å². The van der Waals surface area contributed by atoms with E-state index in [1.54, 1.807) is 48.3 Å². The van der Waals surface area contributed by atoms with Crippen molar-refractivity contribution in [2.24, 2.45) is 0 Å². The summed E-state index contributed by atoms with van der Waals surface area (Å²) in [5.74, 6) is 0.453. The van der Waals surface area contributed by atoms with Gasteiger partial charge in [-0.3, -0.25) is 4.79 Å². The highest BCUT2D eigenvalue weighted by Gasteiger charge is 2.29. The first kappa shape index (κ1) is 17.6. The maximum absolute atomic E-state index is 12.6. The van der Waals surface area contributed by atoms with Crippen LogP contribution in [0.25, 0.3) is 0 Å². The Bertz CT molecular complexity index is 789. The molecule has 3 rings (SSSR count). The number of hydrogen-bond acceptors (Lipinski definition) is 5. The number of ether oxygens (including phenoxy) is 3. The Balaban J connectivity index is 1.57. The standard InChI is InChI=1S/C19H19NO6/c1-20(10-13-6-8-14(9-7-13)24-12-18(21)22)19(23)17-11-25-15-4-2-3-5-16(15)26-17/h2-9,17H,10-12H2,1H3,(H,21,22). The predicted octanol–water partition coefficient (Wildman–Crippen LogP) is 1.95. The van der Waals surface area contributed by atoms with Crippen LogP contribution in [-0.4, -0.2) is 48.2 Å². The third-order valence-corrected chi connectivity index (χ3v) is 3.87. The van der Waals surface area contributed by atoms with Gasteiger partial charge in [-0.2, -0.15) is 0 Å². The molecule has 1 heterocycles. The van der Waals surface area contributed by atoms with Crippen molar-refractivity contribution in [2.75, 3.05) is 20.3 Å². The predicted molar refractivity (Wildman–Crippen MR) is 92.4 cm³/mol. The van der Waals surface area contributed by atoms with Crippen LogP contribution in [0.5, 0.6) is 17.2 Å². The van der Waals surface area contributed by atoms with Crippen molar-refractivity contribution in [1.29, 1.82) is 0 Å². The summed E-state index contributed by atoms with van der Waals surface area (Å²) in [4.78, 5) is 24.6. The molecule has 0 fully saturated rings. The molecule has 1 aliphatic rings. The van der Waals surface area contributed by atoms with Crippen molar-refractivity contribution in [3.63, 3.8) is 0 Å². The van der Waals surface area contributed by atoms with E-state index in [1.165, 1.54) is 0 Å². The number of amides is 1. The molecule has 0 aromatic heterocycles. The van der Waals surface area contributed by atoms with E-state index in [9.17, 15) is 9.59 Å². The van der Waals surface area contributed by atoms with E-state index in [-0.39, 0.29) is 12.5 Å². The van der Waals surface area contributed by atoms with Gasteiger partial charge < -0.3 is 24.2 Å². The highest BCUT2D eigenvalue weighted by Crippen LogP contribution is 2.31. The van der Waals surface area contributed by atoms with Crippen LogP contribution >= 0.6 is 0 Å². The average Bonchev–Trinajstić information content (AvgIpc) is 2.66. The molecule has 0 saturated heterocycles. The van der Waals surface area contributed by atoms with Crippen LogP contribution in [0.3, 0.4) is 0 Å². The number of likely N-dealkylation sites (N-methyl/N-ethyl adjacent to an activating group) is 1. The highest BCUT2D eigenvalue weighted by atomic mass is 16.6. The summed E-state index contributed by atoms with van der Waals surface area (Å²) in [6, 6.07) is 14.2. The Labute approximate surface area is 150 Å². The number of carbonyl (C=O) groups is 2. The summed E-state index contributed by atoms with van der Waals surface area (Å²) in [5.41, 5.74) is 0.889. The number of carboxylic acids is 1. The largest absolute Gasteiger partial charge is 0.485 e. The summed E-state index contributed by atoms with van der Waals surface area (Å²) in [5, 5.41) is 8.60. The first-order valence-electron chi connectivity index (χ1n) is 8.10. The Morgan fingerprint density at radius 3 is 2.54 bits per heavy atom. The van der Waals surface area contributed by atoms with Crippen LogP contribution in [0.2, 0.25) is 0 Å². The molecule has 7 nitrogen and oxygen atoms in total. The molecule has 7 heteroatoms. The molecule has 0 spiro atoms. The number of carboxylic acid groups (broad SMARTS) is 1. The molecule has 2 aromatic carbocycles. The third-order valence-electron chi connectivity index (χ3n) is 3.87. The third kappa shape index (κ3) is 4.24. The molecular weight excluding hydrogens is 338 g/mol. The summed E-state index contributed by atoms with van der Waals surface area (Å²) in [7, 11) is 1.70. The minimum Gasteiger partial charge on any atom is -0.485 e. The van der Waals surface area contributed by atoms with Crippen molar-refractivity contribution >= 4 is 11.9 Å². The summed E-state index contributed by atoms with van der Waals surface area (Å²) >= 11 is 0. The number of carbonyl (C=O) groups excluding carboxylic acids is 1. The van der Waals surface area contributed by atoms with Crippen molar-refractivity contribution in [1.82, 2.24) is 4.90 Å². The van der Waals surface area contributed by atoms with Crippen LogP contribution in [0, 0.1) is 0 Å². The van der Waals surface area contributed by atoms with Crippen LogP contribution < -0.4 is 14.2 Å². The molecule has 1 aliphatic heterocycles. The van der Waals surface area contributed by atoms with Gasteiger partial charge >= 0.3 is 5.97 Å². The fourth-order valence-corrected chi connectivity index (χ4v) is 2.57. The van der Waals surface area contributed by atoms with E-state index in [2.05, 4.69) is 0 Å². The van der Waals surface area contributed by atoms with Crippen LogP contribution in [0.15, 0.2) is 48.5 Å². The van der Waals surface area contributed by atoms with E-state index in [1.807, 2.05) is 12.1 Å². The van der Waals surface area contributed by atoms with Crippen LogP contribution in [-0.2, 0) is 16.1 Å². The number of rotatable bonds is 6. The lowest BCUT2D eigenvalue weighted by Gasteiger charge is -2.28. The van der Waals surface area contributed by atoms with E-state index >= 15 is 0 Å². The van der Waals surface area contributed by atoms with Gasteiger partial charge in [-0.05, 0) is 29.8 Å². The zero-order chi connectivity index (χ0) is 18.5. The van der Waals surface area contributed by atoms with Crippen molar-refractivity contribution in [3.8, 4) is 17.2 Å². The quantitative estimate of drug-likeness (QED) is 0.851. The van der Waals surface area contributed by atoms with Gasteiger partial charge in [0.1, 0.15) is 12.4 Å². The average molecular weight is 357 g/mol. The van der Waals surface area contributed by atoms with Gasteiger partial charge in [0.2, 0.25) is 6.10 Å². The molecule has 0 radical (unpaired) electrons. The molecular formula is C19H19NO6. The number of nitrogens with zero attached hydrogens (tertiary/aromatic N) is 1. The van der Waals surface area contributed by atoms with Crippen LogP contribution in [0.1, 0.15) is 5.56 Å². The zero-order valence-corrected chi connectivity index (χ0v) is 14.3. The Hall–Kier alpha value is -3.22. The van der Waals surface area contributed by atoms with Crippen LogP contribution in [0.4, 0.5) is 0 Å². The highest BCUT2D eigenvalue weighted by molar-refractivity contribution is 5.81. The van der Waals surface area contributed by atoms with E-state index in [0.717, 1.165) is 5.56 Å². The second-order valence-corrected chi connectivity index (χ2v) is 5.88. The number of benzene rings is 2. The van der Waals surface area contributed by atoms with E-state index in [0.29, 0.717) is 23.8 Å². The number of fused-ring (bicyclic) bond motifs is 1. The normalized spacial score (nSPS) is 15.2. The van der Waals surface area contributed by atoms with Crippen molar-refractivity contribution < 1.29 is 28.9 Å². The second-order valence-electron chi connectivity index (χ2n) is 5.88. The fraction of sp³-hybridized carbons (Fsp3) is 0.263. The molecule has 2 aromatic rings. The van der Waals surface area contributed by atoms with Gasteiger partial charge in [0.15, 0.2) is 18.1 Å². The van der Waals surface area contributed by atoms with Gasteiger partial charge in [0.25, 0.3) is 5.91 Å². The smallest absolute Gasteiger partial charge is 0.341 e. The van der Waals surface area contributed by atoms with Crippen molar-refractivity contribution in [3.05, 3.63) is 54.1 Å². The molecule has 136 valence electrons. The fourth-order valence-electron chi connectivity index (χ4n) is 2.57. The molecule has 26 heavy (non-hydrogen) atoms. The number of hydrogen-bond donors (Lipinski definition) is 1. The molecule has 1 N–H and O–H groups in total. The Morgan fingerprint density at radius 1 is 1.15 bits per heavy atom. The van der Waals surface area contributed by atoms with Gasteiger partial charge in [-0.15, -0.1) is 0 Å². The molecule has 1 amide bonds. The maximum atomic E-state index is 12.6. The maximum Gasteiger partial charge on any atom is 0.341 e. The first-order chi connectivity index (χ1) is 12.5. The van der Waals surface area contributed by atoms with Gasteiger partial charge in [0, 0.05) is 13.6 Å². The summed E-state index contributed by atoms with van der Waals surface area (Å²) < 4.78 is 16.4. The first-order valence-corrected chi connectivity index (χ1v) is 8.10. The second kappa shape index (κ2) is 7.77. The lowest BCUT2D eigenvalue weighted by atomic mass is 10.2. The molecule has 1 atom stereocenters. The van der Waals surface area contributed by atoms with Gasteiger partial charge in [0.05, 0.1) is 0 Å². The number of para-hydroxylation sites is 2. The molecule has 0 saturated carbocycles. The Kier molecular flexibility index (Phi) is 5.26. The Morgan fingerprint density at radius 2 is 1.85 bits per heavy atom. The minimum absolute atomic E-state index is 0.169. The van der Waals surface area contributed by atoms with Gasteiger partial charge in [-0.25, -0.2) is 4.79 Å². The van der Waals surface area contributed by atoms with Gasteiger partial charge in [-0.1, -0.05) is 24.3 Å². The lowest BCUT2D eigenvalue weighted by Crippen LogP contribution is -2.44. The lowest BCUT2D eigenvalue weighted by molar-refractivity contribution is -0.140. The molecule has 0 bridgehead atoms. The molecule has 1 unspecified atom stereocenters. The number of aliphatic carboxylic acids is 1. The topological polar surface area (TPSA) is 85.3 Å². The summed E-state index contributed by atoms with van der Waals surface area (Å²) in [6.07, 6.45) is -0.687. The molecule has 0 aliphatic carbocycles. The minimum atomic E-state index is -1.03. The monoisotopic (exact) mass is 357 g/mol. The zero-order valence-electron chi connectivity index (χ0n) is 14.3. The van der Waals surface area contributed by atoms with E-state index < -0.39 is 18.7 Å². The SMILES string of the molecule is CN(Cc1ccc(OCC(=O)O)cc1)C(=O)C1COc2ccccc2O1.